The maximum atomic E-state index is 9.63. The van der Waals surface area contributed by atoms with Crippen LogP contribution in [-0.4, -0.2) is 34.4 Å². The zero-order chi connectivity index (χ0) is 12.3. The second-order valence-corrected chi connectivity index (χ2v) is 1.53. The van der Waals surface area contributed by atoms with Gasteiger partial charge in [0.2, 0.25) is 0 Å². The number of rotatable bonds is 3. The molecule has 0 aromatic carbocycles. The molecule has 2 unspecified atom stereocenters. The third-order valence-corrected chi connectivity index (χ3v) is 0.782. The van der Waals surface area contributed by atoms with Crippen molar-refractivity contribution in [3.8, 4) is 0 Å². The molecule has 0 radical (unpaired) electrons. The maximum absolute atomic E-state index is 9.63. The van der Waals surface area contributed by atoms with Gasteiger partial charge in [0.25, 0.3) is 0 Å². The summed E-state index contributed by atoms with van der Waals surface area (Å²) in [5.41, 5.74) is 0. The van der Waals surface area contributed by atoms with Gasteiger partial charge < -0.3 is 43.9 Å². The summed E-state index contributed by atoms with van der Waals surface area (Å²) in [6, 6.07) is 0. The van der Waals surface area contributed by atoms with Crippen molar-refractivity contribution < 1.29 is 51.7 Å². The van der Waals surface area contributed by atoms with Crippen LogP contribution in [0.15, 0.2) is 0 Å². The number of aliphatic hydroxyl groups is 2. The van der Waals surface area contributed by atoms with Crippen LogP contribution in [0.5, 0.6) is 0 Å². The van der Waals surface area contributed by atoms with E-state index in [1.165, 1.54) is 0 Å². The molecule has 0 saturated heterocycles. The van der Waals surface area contributed by atoms with Gasteiger partial charge in [0.05, 0.1) is 11.9 Å². The Labute approximate surface area is 104 Å². The Morgan fingerprint density at radius 3 is 1.13 bits per heavy atom. The number of hydrogen-bond acceptors (Lipinski definition) is 6. The summed E-state index contributed by atoms with van der Waals surface area (Å²) in [7, 11) is 0. The normalized spacial score (nSPS) is 11.3. The predicted octanol–water partition coefficient (Wildman–Crippen LogP) is -3.11. The van der Waals surface area contributed by atoms with Gasteiger partial charge in [0, 0.05) is 0 Å². The molecule has 2 N–H and O–H groups in total. The fourth-order valence-electron chi connectivity index (χ4n) is 0.258. The minimum absolute atomic E-state index is 0. The predicted molar refractivity (Wildman–Crippen MR) is 44.1 cm³/mol. The molecule has 0 fully saturated rings. The summed E-state index contributed by atoms with van der Waals surface area (Å²) in [5, 5.41) is 35.7. The summed E-state index contributed by atoms with van der Waals surface area (Å²) in [6.07, 6.45) is -4.88. The van der Waals surface area contributed by atoms with Gasteiger partial charge in [-0.25, -0.2) is 0 Å². The van der Waals surface area contributed by atoms with Crippen LogP contribution in [0.1, 0.15) is 13.8 Å². The zero-order valence-corrected chi connectivity index (χ0v) is 10.2. The zero-order valence-electron chi connectivity index (χ0n) is 8.60. The van der Waals surface area contributed by atoms with E-state index >= 15 is 0 Å². The Morgan fingerprint density at radius 2 is 1.07 bits per heavy atom. The van der Waals surface area contributed by atoms with Gasteiger partial charge in [-0.05, 0) is 0 Å². The van der Waals surface area contributed by atoms with Crippen molar-refractivity contribution in [2.45, 2.75) is 26.1 Å². The van der Waals surface area contributed by atoms with E-state index in [1.54, 1.807) is 13.8 Å². The molecule has 0 saturated carbocycles. The van der Waals surface area contributed by atoms with Crippen molar-refractivity contribution in [1.82, 2.24) is 0 Å². The average molecular weight is 254 g/mol. The quantitative estimate of drug-likeness (QED) is 0.406. The van der Waals surface area contributed by atoms with Crippen LogP contribution < -0.4 is 10.2 Å². The number of carbonyl (C=O) groups is 2. The van der Waals surface area contributed by atoms with E-state index in [4.69, 9.17) is 10.2 Å². The monoisotopic (exact) mass is 254 g/mol. The first-order valence-corrected chi connectivity index (χ1v) is 3.66. The molecule has 0 aliphatic carbocycles. The van der Waals surface area contributed by atoms with Crippen molar-refractivity contribution in [3.63, 3.8) is 0 Å². The fourth-order valence-corrected chi connectivity index (χ4v) is 0.258. The van der Waals surface area contributed by atoms with Gasteiger partial charge in [0.15, 0.2) is 0 Å². The SMILES string of the molecule is O=C([O-])C(O)C(O)C(=O)[O-].[CH2-]C.[CH2-]C.[Ti+4]. The number of carboxylic acid groups (broad SMARTS) is 2. The second-order valence-electron chi connectivity index (χ2n) is 1.53. The molecule has 7 heteroatoms. The molecule has 0 heterocycles. The van der Waals surface area contributed by atoms with E-state index in [-0.39, 0.29) is 21.7 Å². The fraction of sp³-hybridized carbons (Fsp3) is 0.500. The number of hydrogen-bond donors (Lipinski definition) is 2. The first-order chi connectivity index (χ1) is 6.46. The molecule has 0 aromatic rings. The third kappa shape index (κ3) is 13.6. The molecule has 0 aliphatic heterocycles. The van der Waals surface area contributed by atoms with E-state index in [0.717, 1.165) is 0 Å². The van der Waals surface area contributed by atoms with Crippen molar-refractivity contribution >= 4 is 11.9 Å². The van der Waals surface area contributed by atoms with Gasteiger partial charge in [0.1, 0.15) is 12.2 Å². The van der Waals surface area contributed by atoms with E-state index in [1.807, 2.05) is 0 Å². The molecular formula is C8H14O6Ti. The van der Waals surface area contributed by atoms with Crippen LogP contribution in [0, 0.1) is 13.8 Å². The molecule has 86 valence electrons. The number of aliphatic hydroxyl groups excluding tert-OH is 2. The third-order valence-electron chi connectivity index (χ3n) is 0.782. The molecule has 0 rings (SSSR count). The van der Waals surface area contributed by atoms with Crippen molar-refractivity contribution in [3.05, 3.63) is 13.8 Å². The topological polar surface area (TPSA) is 121 Å². The standard InChI is InChI=1S/C4H6O6.2C2H5.Ti/c5-1(3(7)8)2(6)4(9)10;2*1-2;/h1-2,5-6H,(H,7,8)(H,9,10);2*1H2,2H3;/q;2*-1;+4/p-2. The molecule has 0 amide bonds. The van der Waals surface area contributed by atoms with Crippen LogP contribution in [0.2, 0.25) is 0 Å². The summed E-state index contributed by atoms with van der Waals surface area (Å²) in [5.74, 6) is -4.12. The summed E-state index contributed by atoms with van der Waals surface area (Å²) >= 11 is 0. The van der Waals surface area contributed by atoms with Gasteiger partial charge in [-0.1, -0.05) is 0 Å². The van der Waals surface area contributed by atoms with E-state index in [0.29, 0.717) is 0 Å². The largest absolute Gasteiger partial charge is 4.00 e. The van der Waals surface area contributed by atoms with Crippen molar-refractivity contribution in [2.24, 2.45) is 0 Å². The number of aliphatic carboxylic acids is 2. The van der Waals surface area contributed by atoms with Crippen LogP contribution in [0.4, 0.5) is 0 Å². The molecule has 2 atom stereocenters. The van der Waals surface area contributed by atoms with Crippen LogP contribution in [-0.2, 0) is 31.3 Å². The Morgan fingerprint density at radius 1 is 0.933 bits per heavy atom. The minimum atomic E-state index is -2.44. The van der Waals surface area contributed by atoms with Gasteiger partial charge in [-0.2, -0.15) is 13.8 Å². The summed E-state index contributed by atoms with van der Waals surface area (Å²) in [6.45, 7) is 10.0. The van der Waals surface area contributed by atoms with Crippen LogP contribution in [0.3, 0.4) is 0 Å². The summed E-state index contributed by atoms with van der Waals surface area (Å²) in [4.78, 5) is 19.3. The number of carboxylic acids is 2. The molecule has 0 bridgehead atoms. The van der Waals surface area contributed by atoms with E-state index in [2.05, 4.69) is 13.8 Å². The van der Waals surface area contributed by atoms with Crippen LogP contribution >= 0.6 is 0 Å². The first kappa shape index (κ1) is 24.0. The Balaban J connectivity index is -0.000000107. The van der Waals surface area contributed by atoms with Gasteiger partial charge in [-0.3, -0.25) is 0 Å². The van der Waals surface area contributed by atoms with Gasteiger partial charge >= 0.3 is 21.7 Å². The second kappa shape index (κ2) is 16.0. The first-order valence-electron chi connectivity index (χ1n) is 3.66. The van der Waals surface area contributed by atoms with Crippen LogP contribution in [0.25, 0.3) is 0 Å². The Bertz CT molecular complexity index is 143. The minimum Gasteiger partial charge on any atom is -0.547 e. The number of carbonyl (C=O) groups excluding carboxylic acids is 2. The Hall–Kier alpha value is -0.426. The molecule has 0 aromatic heterocycles. The van der Waals surface area contributed by atoms with E-state index in [9.17, 15) is 19.8 Å². The molecule has 6 nitrogen and oxygen atoms in total. The molecule has 0 aliphatic rings. The molecular weight excluding hydrogens is 240 g/mol. The smallest absolute Gasteiger partial charge is 0.547 e. The maximum Gasteiger partial charge on any atom is 4.00 e. The summed E-state index contributed by atoms with van der Waals surface area (Å²) < 4.78 is 0. The van der Waals surface area contributed by atoms with Crippen molar-refractivity contribution in [2.75, 3.05) is 0 Å². The van der Waals surface area contributed by atoms with E-state index < -0.39 is 24.1 Å². The molecule has 0 spiro atoms. The van der Waals surface area contributed by atoms with Gasteiger partial charge in [-0.15, -0.1) is 0 Å². The average Bonchev–Trinajstić information content (AvgIpc) is 2.21. The molecule has 15 heavy (non-hydrogen) atoms. The van der Waals surface area contributed by atoms with Crippen molar-refractivity contribution in [1.29, 1.82) is 0 Å². The Kier molecular flexibility index (Phi) is 25.7.